The Morgan fingerprint density at radius 2 is 2.00 bits per heavy atom. The van der Waals surface area contributed by atoms with Crippen molar-refractivity contribution in [3.63, 3.8) is 0 Å². The highest BCUT2D eigenvalue weighted by molar-refractivity contribution is 7.91. The van der Waals surface area contributed by atoms with Gasteiger partial charge in [0.2, 0.25) is 0 Å². The van der Waals surface area contributed by atoms with Gasteiger partial charge >= 0.3 is 5.97 Å². The standard InChI is InChI=1S/C10H15NO4S2/c1-10(2,3)7-4-5-9(16-7)17(14,15)11-6-8(12)13/h4-5,11H,6H2,1-3H3,(H,12,13). The lowest BCUT2D eigenvalue weighted by atomic mass is 9.95. The van der Waals surface area contributed by atoms with Gasteiger partial charge in [-0.25, -0.2) is 8.42 Å². The zero-order chi connectivity index (χ0) is 13.3. The van der Waals surface area contributed by atoms with E-state index in [2.05, 4.69) is 0 Å². The SMILES string of the molecule is CC(C)(C)c1ccc(S(=O)(=O)NCC(=O)O)s1. The van der Waals surface area contributed by atoms with Crippen LogP contribution in [0, 0.1) is 0 Å². The summed E-state index contributed by atoms with van der Waals surface area (Å²) in [5.41, 5.74) is -0.120. The smallest absolute Gasteiger partial charge is 0.318 e. The predicted octanol–water partition coefficient (Wildman–Crippen LogP) is 1.41. The second kappa shape index (κ2) is 4.75. The summed E-state index contributed by atoms with van der Waals surface area (Å²) in [6.07, 6.45) is 0. The van der Waals surface area contributed by atoms with E-state index in [0.29, 0.717) is 0 Å². The van der Waals surface area contributed by atoms with E-state index in [1.165, 1.54) is 6.07 Å². The van der Waals surface area contributed by atoms with Crippen molar-refractivity contribution in [2.75, 3.05) is 6.54 Å². The highest BCUT2D eigenvalue weighted by Gasteiger charge is 2.22. The molecule has 0 bridgehead atoms. The third-order valence-corrected chi connectivity index (χ3v) is 5.40. The van der Waals surface area contributed by atoms with Crippen molar-refractivity contribution in [1.29, 1.82) is 0 Å². The summed E-state index contributed by atoms with van der Waals surface area (Å²) in [7, 11) is -3.71. The van der Waals surface area contributed by atoms with E-state index in [1.54, 1.807) is 6.07 Å². The molecule has 5 nitrogen and oxygen atoms in total. The third-order valence-electron chi connectivity index (χ3n) is 2.00. The van der Waals surface area contributed by atoms with E-state index in [9.17, 15) is 13.2 Å². The fraction of sp³-hybridized carbons (Fsp3) is 0.500. The van der Waals surface area contributed by atoms with Gasteiger partial charge in [0.1, 0.15) is 10.8 Å². The third kappa shape index (κ3) is 3.79. The number of sulfonamides is 1. The van der Waals surface area contributed by atoms with Gasteiger partial charge in [0, 0.05) is 4.88 Å². The van der Waals surface area contributed by atoms with Gasteiger partial charge in [0.05, 0.1) is 0 Å². The summed E-state index contributed by atoms with van der Waals surface area (Å²) >= 11 is 1.16. The molecule has 0 aliphatic heterocycles. The molecule has 0 atom stereocenters. The molecule has 0 fully saturated rings. The number of nitrogens with one attached hydrogen (secondary N) is 1. The molecule has 0 unspecified atom stereocenters. The molecule has 0 aliphatic rings. The van der Waals surface area contributed by atoms with Crippen molar-refractivity contribution in [2.24, 2.45) is 0 Å². The molecule has 0 saturated carbocycles. The molecule has 1 aromatic heterocycles. The molecule has 17 heavy (non-hydrogen) atoms. The Hall–Kier alpha value is -0.920. The van der Waals surface area contributed by atoms with Crippen LogP contribution in [0.5, 0.6) is 0 Å². The van der Waals surface area contributed by atoms with Crippen LogP contribution in [0.4, 0.5) is 0 Å². The first-order chi connectivity index (χ1) is 7.63. The molecule has 0 aliphatic carbocycles. The van der Waals surface area contributed by atoms with Gasteiger partial charge in [-0.1, -0.05) is 20.8 Å². The predicted molar refractivity (Wildman–Crippen MR) is 65.8 cm³/mol. The number of carboxylic acids is 1. The van der Waals surface area contributed by atoms with Gasteiger partial charge in [-0.05, 0) is 17.5 Å². The zero-order valence-electron chi connectivity index (χ0n) is 9.85. The second-order valence-corrected chi connectivity index (χ2v) is 7.66. The Balaban J connectivity index is 2.93. The summed E-state index contributed by atoms with van der Waals surface area (Å²) in [5, 5.41) is 8.43. The van der Waals surface area contributed by atoms with E-state index in [0.717, 1.165) is 16.2 Å². The molecular formula is C10H15NO4S2. The van der Waals surface area contributed by atoms with Crippen LogP contribution in [0.2, 0.25) is 0 Å². The average Bonchev–Trinajstić information content (AvgIpc) is 2.63. The number of rotatable bonds is 4. The van der Waals surface area contributed by atoms with Gasteiger partial charge in [-0.2, -0.15) is 4.72 Å². The highest BCUT2D eigenvalue weighted by atomic mass is 32.2. The maximum absolute atomic E-state index is 11.7. The number of aliphatic carboxylic acids is 1. The van der Waals surface area contributed by atoms with Crippen LogP contribution < -0.4 is 4.72 Å². The van der Waals surface area contributed by atoms with E-state index in [1.807, 2.05) is 25.5 Å². The van der Waals surface area contributed by atoms with Gasteiger partial charge in [-0.15, -0.1) is 11.3 Å². The summed E-state index contributed by atoms with van der Waals surface area (Å²) in [4.78, 5) is 11.3. The molecule has 0 radical (unpaired) electrons. The lowest BCUT2D eigenvalue weighted by molar-refractivity contribution is -0.135. The summed E-state index contributed by atoms with van der Waals surface area (Å²) in [6, 6.07) is 3.25. The fourth-order valence-corrected chi connectivity index (χ4v) is 3.48. The lowest BCUT2D eigenvalue weighted by Crippen LogP contribution is -2.28. The topological polar surface area (TPSA) is 83.5 Å². The minimum absolute atomic E-state index is 0.120. The summed E-state index contributed by atoms with van der Waals surface area (Å²) < 4.78 is 25.6. The zero-order valence-corrected chi connectivity index (χ0v) is 11.5. The first-order valence-corrected chi connectivity index (χ1v) is 7.25. The molecule has 96 valence electrons. The molecule has 0 saturated heterocycles. The molecule has 0 amide bonds. The van der Waals surface area contributed by atoms with Crippen LogP contribution >= 0.6 is 11.3 Å². The molecule has 1 aromatic rings. The minimum Gasteiger partial charge on any atom is -0.480 e. The monoisotopic (exact) mass is 277 g/mol. The Morgan fingerprint density at radius 3 is 2.41 bits per heavy atom. The normalized spacial score (nSPS) is 12.6. The molecule has 1 rings (SSSR count). The molecule has 1 heterocycles. The van der Waals surface area contributed by atoms with Crippen molar-refractivity contribution < 1.29 is 18.3 Å². The number of hydrogen-bond donors (Lipinski definition) is 2. The van der Waals surface area contributed by atoms with Crippen molar-refractivity contribution in [3.05, 3.63) is 17.0 Å². The Kier molecular flexibility index (Phi) is 3.95. The Labute approximate surface area is 105 Å². The number of hydrogen-bond acceptors (Lipinski definition) is 4. The van der Waals surface area contributed by atoms with Crippen LogP contribution in [0.25, 0.3) is 0 Å². The van der Waals surface area contributed by atoms with Gasteiger partial charge < -0.3 is 5.11 Å². The average molecular weight is 277 g/mol. The largest absolute Gasteiger partial charge is 0.480 e. The second-order valence-electron chi connectivity index (χ2n) is 4.59. The van der Waals surface area contributed by atoms with Gasteiger partial charge in [-0.3, -0.25) is 4.79 Å². The van der Waals surface area contributed by atoms with Crippen LogP contribution in [0.3, 0.4) is 0 Å². The van der Waals surface area contributed by atoms with Crippen molar-refractivity contribution in [1.82, 2.24) is 4.72 Å². The van der Waals surface area contributed by atoms with Crippen LogP contribution in [0.15, 0.2) is 16.3 Å². The fourth-order valence-electron chi connectivity index (χ4n) is 1.10. The van der Waals surface area contributed by atoms with Crippen LogP contribution in [-0.4, -0.2) is 26.0 Å². The highest BCUT2D eigenvalue weighted by Crippen LogP contribution is 2.31. The van der Waals surface area contributed by atoms with E-state index in [4.69, 9.17) is 5.11 Å². The maximum Gasteiger partial charge on any atom is 0.318 e. The molecular weight excluding hydrogens is 262 g/mol. The van der Waals surface area contributed by atoms with E-state index < -0.39 is 22.5 Å². The summed E-state index contributed by atoms with van der Waals surface area (Å²) in [6.45, 7) is 5.35. The summed E-state index contributed by atoms with van der Waals surface area (Å²) in [5.74, 6) is -1.21. The van der Waals surface area contributed by atoms with E-state index in [-0.39, 0.29) is 9.62 Å². The lowest BCUT2D eigenvalue weighted by Gasteiger charge is -2.15. The maximum atomic E-state index is 11.7. The Bertz CT molecular complexity index is 511. The number of carboxylic acid groups (broad SMARTS) is 1. The van der Waals surface area contributed by atoms with Crippen LogP contribution in [-0.2, 0) is 20.2 Å². The van der Waals surface area contributed by atoms with Crippen LogP contribution in [0.1, 0.15) is 25.6 Å². The molecule has 0 aromatic carbocycles. The first kappa shape index (κ1) is 14.1. The number of carbonyl (C=O) groups is 1. The van der Waals surface area contributed by atoms with Crippen molar-refractivity contribution in [2.45, 2.75) is 30.4 Å². The number of thiophene rings is 1. The minimum atomic E-state index is -3.71. The van der Waals surface area contributed by atoms with Gasteiger partial charge in [0.15, 0.2) is 0 Å². The quantitative estimate of drug-likeness (QED) is 0.871. The first-order valence-electron chi connectivity index (χ1n) is 4.95. The Morgan fingerprint density at radius 1 is 1.41 bits per heavy atom. The molecule has 7 heteroatoms. The molecule has 0 spiro atoms. The molecule has 2 N–H and O–H groups in total. The van der Waals surface area contributed by atoms with Crippen molar-refractivity contribution in [3.8, 4) is 0 Å². The van der Waals surface area contributed by atoms with Gasteiger partial charge in [0.25, 0.3) is 10.0 Å². The van der Waals surface area contributed by atoms with Crippen molar-refractivity contribution >= 4 is 27.3 Å². The van der Waals surface area contributed by atoms with E-state index >= 15 is 0 Å².